The van der Waals surface area contributed by atoms with Crippen LogP contribution in [0.15, 0.2) is 17.2 Å². The number of hydrazone groups is 1. The lowest BCUT2D eigenvalue weighted by atomic mass is 10.2. The van der Waals surface area contributed by atoms with Gasteiger partial charge in [-0.1, -0.05) is 0 Å². The summed E-state index contributed by atoms with van der Waals surface area (Å²) < 4.78 is 1.55. The number of phenols is 1. The first kappa shape index (κ1) is 12.9. The molecule has 0 aliphatic carbocycles. The van der Waals surface area contributed by atoms with E-state index in [4.69, 9.17) is 5.73 Å². The van der Waals surface area contributed by atoms with Gasteiger partial charge in [0.2, 0.25) is 0 Å². The molecule has 0 atom stereocenters. The predicted octanol–water partition coefficient (Wildman–Crippen LogP) is 1.77. The smallest absolute Gasteiger partial charge is 0.184 e. The highest BCUT2D eigenvalue weighted by molar-refractivity contribution is 14.1. The number of thiocarbonyl (C=S) groups is 1. The van der Waals surface area contributed by atoms with Crippen LogP contribution in [0, 0.1) is 7.14 Å². The van der Waals surface area contributed by atoms with Crippen molar-refractivity contribution in [2.45, 2.75) is 0 Å². The van der Waals surface area contributed by atoms with E-state index >= 15 is 0 Å². The maximum absolute atomic E-state index is 9.53. The van der Waals surface area contributed by atoms with Crippen LogP contribution in [0.5, 0.6) is 5.75 Å². The normalized spacial score (nSPS) is 10.5. The standard InChI is InChI=1S/C8H7I2N3OS/c9-5-1-4(2-6(10)7(5)14)3-12-13-8(11)15/h1-3,14H,(H3,11,13,15). The summed E-state index contributed by atoms with van der Waals surface area (Å²) in [4.78, 5) is 0. The van der Waals surface area contributed by atoms with Crippen LogP contribution in [0.1, 0.15) is 5.56 Å². The fraction of sp³-hybridized carbons (Fsp3) is 0. The van der Waals surface area contributed by atoms with Gasteiger partial charge in [0.15, 0.2) is 5.11 Å². The third-order valence-electron chi connectivity index (χ3n) is 1.43. The summed E-state index contributed by atoms with van der Waals surface area (Å²) in [6, 6.07) is 3.62. The fourth-order valence-electron chi connectivity index (χ4n) is 0.830. The molecule has 15 heavy (non-hydrogen) atoms. The first-order valence-corrected chi connectivity index (χ1v) is 6.34. The molecule has 7 heteroatoms. The third kappa shape index (κ3) is 4.07. The molecule has 0 fully saturated rings. The molecule has 80 valence electrons. The number of halogens is 2. The second-order valence-electron chi connectivity index (χ2n) is 2.57. The van der Waals surface area contributed by atoms with Crippen molar-refractivity contribution in [3.05, 3.63) is 24.8 Å². The van der Waals surface area contributed by atoms with Gasteiger partial charge in [-0.15, -0.1) is 0 Å². The maximum Gasteiger partial charge on any atom is 0.184 e. The van der Waals surface area contributed by atoms with E-state index in [1.165, 1.54) is 0 Å². The van der Waals surface area contributed by atoms with Crippen LogP contribution in [0.3, 0.4) is 0 Å². The van der Waals surface area contributed by atoms with E-state index in [1.807, 2.05) is 12.1 Å². The first-order chi connectivity index (χ1) is 7.00. The molecular weight excluding hydrogens is 440 g/mol. The lowest BCUT2D eigenvalue weighted by Gasteiger charge is -2.02. The number of nitrogens with one attached hydrogen (secondary N) is 1. The SMILES string of the molecule is NC(=S)NN=Cc1cc(I)c(O)c(I)c1. The molecule has 1 aromatic rings. The molecule has 0 saturated carbocycles. The van der Waals surface area contributed by atoms with Gasteiger partial charge in [0.1, 0.15) is 5.75 Å². The predicted molar refractivity (Wildman–Crippen MR) is 81.1 cm³/mol. The maximum atomic E-state index is 9.53. The summed E-state index contributed by atoms with van der Waals surface area (Å²) in [5.74, 6) is 0.288. The Kier molecular flexibility index (Phi) is 4.99. The van der Waals surface area contributed by atoms with Crippen molar-refractivity contribution in [2.75, 3.05) is 0 Å². The fourth-order valence-corrected chi connectivity index (χ4v) is 2.70. The minimum Gasteiger partial charge on any atom is -0.506 e. The average Bonchev–Trinajstić information content (AvgIpc) is 2.13. The van der Waals surface area contributed by atoms with E-state index in [9.17, 15) is 5.11 Å². The quantitative estimate of drug-likeness (QED) is 0.280. The van der Waals surface area contributed by atoms with Crippen LogP contribution in [0.25, 0.3) is 0 Å². The van der Waals surface area contributed by atoms with E-state index in [2.05, 4.69) is 67.9 Å². The molecule has 0 amide bonds. The van der Waals surface area contributed by atoms with Gasteiger partial charge in [0.05, 0.1) is 13.4 Å². The molecule has 4 N–H and O–H groups in total. The zero-order valence-corrected chi connectivity index (χ0v) is 12.5. The Balaban J connectivity index is 2.87. The number of aromatic hydroxyl groups is 1. The van der Waals surface area contributed by atoms with Gasteiger partial charge in [-0.25, -0.2) is 0 Å². The zero-order chi connectivity index (χ0) is 11.4. The number of nitrogens with zero attached hydrogens (tertiary/aromatic N) is 1. The molecule has 4 nitrogen and oxygen atoms in total. The Morgan fingerprint density at radius 1 is 1.47 bits per heavy atom. The lowest BCUT2D eigenvalue weighted by Crippen LogP contribution is -2.23. The molecule has 0 aliphatic heterocycles. The number of nitrogens with two attached hydrogens (primary N) is 1. The molecule has 0 spiro atoms. The summed E-state index contributed by atoms with van der Waals surface area (Å²) in [6.07, 6.45) is 1.59. The highest BCUT2D eigenvalue weighted by atomic mass is 127. The van der Waals surface area contributed by atoms with Gasteiger partial charge in [-0.2, -0.15) is 5.10 Å². The summed E-state index contributed by atoms with van der Waals surface area (Å²) in [5, 5.41) is 13.5. The Bertz CT molecular complexity index is 399. The molecule has 0 aromatic heterocycles. The molecule has 1 aromatic carbocycles. The van der Waals surface area contributed by atoms with Gasteiger partial charge in [-0.05, 0) is 75.1 Å². The molecule has 1 rings (SSSR count). The van der Waals surface area contributed by atoms with Gasteiger partial charge in [0, 0.05) is 0 Å². The van der Waals surface area contributed by atoms with E-state index in [1.54, 1.807) is 6.21 Å². The minimum atomic E-state index is 0.120. The molecular formula is C8H7I2N3OS. The molecule has 0 bridgehead atoms. The molecule has 0 saturated heterocycles. The van der Waals surface area contributed by atoms with Crippen molar-refractivity contribution in [3.8, 4) is 5.75 Å². The van der Waals surface area contributed by atoms with Crippen LogP contribution >= 0.6 is 57.4 Å². The zero-order valence-electron chi connectivity index (χ0n) is 7.37. The van der Waals surface area contributed by atoms with Crippen molar-refractivity contribution >= 4 is 68.7 Å². The van der Waals surface area contributed by atoms with Gasteiger partial charge < -0.3 is 10.8 Å². The Hall–Kier alpha value is -0.160. The summed E-state index contributed by atoms with van der Waals surface area (Å²) >= 11 is 8.70. The van der Waals surface area contributed by atoms with E-state index < -0.39 is 0 Å². The van der Waals surface area contributed by atoms with Crippen LogP contribution < -0.4 is 11.2 Å². The van der Waals surface area contributed by atoms with Crippen LogP contribution in [0.4, 0.5) is 0 Å². The monoisotopic (exact) mass is 447 g/mol. The summed E-state index contributed by atoms with van der Waals surface area (Å²) in [6.45, 7) is 0. The van der Waals surface area contributed by atoms with E-state index in [0.717, 1.165) is 12.7 Å². The molecule has 0 radical (unpaired) electrons. The minimum absolute atomic E-state index is 0.120. The van der Waals surface area contributed by atoms with E-state index in [0.29, 0.717) is 0 Å². The Morgan fingerprint density at radius 3 is 2.47 bits per heavy atom. The topological polar surface area (TPSA) is 70.6 Å². The number of rotatable bonds is 2. The van der Waals surface area contributed by atoms with Crippen molar-refractivity contribution in [1.82, 2.24) is 5.43 Å². The Labute approximate surface area is 120 Å². The van der Waals surface area contributed by atoms with Crippen molar-refractivity contribution < 1.29 is 5.11 Å². The van der Waals surface area contributed by atoms with Crippen LogP contribution in [-0.4, -0.2) is 16.4 Å². The molecule has 0 aliphatic rings. The number of hydrogen-bond donors (Lipinski definition) is 3. The van der Waals surface area contributed by atoms with Gasteiger partial charge >= 0.3 is 0 Å². The van der Waals surface area contributed by atoms with Gasteiger partial charge in [0.25, 0.3) is 0 Å². The molecule has 0 heterocycles. The second-order valence-corrected chi connectivity index (χ2v) is 5.33. The van der Waals surface area contributed by atoms with Gasteiger partial charge in [-0.3, -0.25) is 5.43 Å². The number of benzene rings is 1. The van der Waals surface area contributed by atoms with Crippen molar-refractivity contribution in [3.63, 3.8) is 0 Å². The van der Waals surface area contributed by atoms with Crippen molar-refractivity contribution in [1.29, 1.82) is 0 Å². The van der Waals surface area contributed by atoms with Crippen LogP contribution in [0.2, 0.25) is 0 Å². The number of hydrogen-bond acceptors (Lipinski definition) is 3. The average molecular weight is 447 g/mol. The highest BCUT2D eigenvalue weighted by Gasteiger charge is 2.03. The second kappa shape index (κ2) is 5.80. The van der Waals surface area contributed by atoms with Crippen LogP contribution in [-0.2, 0) is 0 Å². The number of phenolic OH excluding ortho intramolecular Hbond substituents is 1. The molecule has 0 unspecified atom stereocenters. The lowest BCUT2D eigenvalue weighted by molar-refractivity contribution is 0.467. The summed E-state index contributed by atoms with van der Waals surface area (Å²) in [7, 11) is 0. The first-order valence-electron chi connectivity index (χ1n) is 3.77. The van der Waals surface area contributed by atoms with E-state index in [-0.39, 0.29) is 10.9 Å². The third-order valence-corrected chi connectivity index (χ3v) is 3.16. The van der Waals surface area contributed by atoms with Crippen molar-refractivity contribution in [2.24, 2.45) is 10.8 Å². The highest BCUT2D eigenvalue weighted by Crippen LogP contribution is 2.26. The largest absolute Gasteiger partial charge is 0.506 e. The summed E-state index contributed by atoms with van der Waals surface area (Å²) in [5.41, 5.74) is 8.53. The Morgan fingerprint density at radius 2 is 2.00 bits per heavy atom.